The third-order valence-corrected chi connectivity index (χ3v) is 10.1. The van der Waals surface area contributed by atoms with E-state index in [0.29, 0.717) is 30.5 Å². The van der Waals surface area contributed by atoms with E-state index in [1.807, 2.05) is 85.8 Å². The first-order chi connectivity index (χ1) is 22.3. The van der Waals surface area contributed by atoms with E-state index in [-0.39, 0.29) is 25.0 Å². The van der Waals surface area contributed by atoms with Crippen LogP contribution in [0.1, 0.15) is 50.6 Å². The summed E-state index contributed by atoms with van der Waals surface area (Å²) in [7, 11) is 0. The van der Waals surface area contributed by atoms with Crippen molar-refractivity contribution in [1.82, 2.24) is 4.90 Å². The van der Waals surface area contributed by atoms with Crippen LogP contribution in [-0.2, 0) is 23.9 Å². The maximum absolute atomic E-state index is 15.1. The second-order valence-corrected chi connectivity index (χ2v) is 12.8. The zero-order chi connectivity index (χ0) is 32.5. The second kappa shape index (κ2) is 12.9. The average molecular weight is 623 g/mol. The average Bonchev–Trinajstić information content (AvgIpc) is 3.64. The predicted molar refractivity (Wildman–Crippen MR) is 177 cm³/mol. The van der Waals surface area contributed by atoms with Gasteiger partial charge in [0, 0.05) is 12.2 Å². The minimum atomic E-state index is -1.27. The van der Waals surface area contributed by atoms with Gasteiger partial charge in [-0.05, 0) is 67.5 Å². The normalized spacial score (nSPS) is 27.0. The molecule has 3 aliphatic rings. The number of benzene rings is 3. The van der Waals surface area contributed by atoms with Gasteiger partial charge in [-0.1, -0.05) is 72.8 Å². The molecule has 8 nitrogen and oxygen atoms in total. The lowest BCUT2D eigenvalue weighted by molar-refractivity contribution is -0.160. The number of carbonyl (C=O) groups excluding carboxylic acids is 3. The topological polar surface area (TPSA) is 96.4 Å². The number of anilines is 1. The van der Waals surface area contributed by atoms with Crippen LogP contribution in [0.5, 0.6) is 0 Å². The molecule has 3 fully saturated rings. The number of amides is 2. The summed E-state index contributed by atoms with van der Waals surface area (Å²) < 4.78 is 12.6. The van der Waals surface area contributed by atoms with Gasteiger partial charge in [-0.3, -0.25) is 14.4 Å². The fraction of sp³-hybridized carbons (Fsp3) is 0.395. The maximum atomic E-state index is 15.1. The highest BCUT2D eigenvalue weighted by atomic mass is 16.6. The van der Waals surface area contributed by atoms with Crippen molar-refractivity contribution in [1.29, 1.82) is 0 Å². The van der Waals surface area contributed by atoms with Gasteiger partial charge in [0.05, 0.1) is 30.8 Å². The van der Waals surface area contributed by atoms with Gasteiger partial charge in [0.1, 0.15) is 17.6 Å². The summed E-state index contributed by atoms with van der Waals surface area (Å²) in [5.41, 5.74) is -0.883. The molecular formula is C38H42N2O6. The van der Waals surface area contributed by atoms with Crippen LogP contribution < -0.4 is 4.90 Å². The molecule has 2 unspecified atom stereocenters. The van der Waals surface area contributed by atoms with Crippen LogP contribution in [0.3, 0.4) is 0 Å². The SMILES string of the molecule is C=CCCCCOC(=O)[C@H]1[C@H]2C(=O)N([C@H](CO)c3ccccc3)C(C(=O)N(CC=C)c3ccc4ccccc4c3)C23CC[C@]1(C)O3. The molecule has 0 aromatic heterocycles. The molecule has 6 atom stereocenters. The van der Waals surface area contributed by atoms with E-state index >= 15 is 4.79 Å². The first kappa shape index (κ1) is 31.7. The Labute approximate surface area is 270 Å². The van der Waals surface area contributed by atoms with E-state index in [9.17, 15) is 14.7 Å². The molecule has 0 aliphatic carbocycles. The van der Waals surface area contributed by atoms with E-state index in [1.54, 1.807) is 11.0 Å². The molecule has 6 rings (SSSR count). The van der Waals surface area contributed by atoms with Gasteiger partial charge >= 0.3 is 5.97 Å². The van der Waals surface area contributed by atoms with Crippen LogP contribution in [-0.4, -0.2) is 64.8 Å². The number of hydrogen-bond donors (Lipinski definition) is 1. The van der Waals surface area contributed by atoms with E-state index in [1.165, 1.54) is 4.90 Å². The molecule has 3 saturated heterocycles. The zero-order valence-electron chi connectivity index (χ0n) is 26.3. The number of hydrogen-bond acceptors (Lipinski definition) is 6. The number of aliphatic hydroxyl groups excluding tert-OH is 1. The van der Waals surface area contributed by atoms with E-state index in [0.717, 1.165) is 23.6 Å². The Kier molecular flexibility index (Phi) is 8.86. The van der Waals surface area contributed by atoms with Crippen LogP contribution in [0, 0.1) is 11.8 Å². The Morgan fingerprint density at radius 3 is 2.50 bits per heavy atom. The number of ether oxygens (including phenoxy) is 2. The quantitative estimate of drug-likeness (QED) is 0.148. The van der Waals surface area contributed by atoms with Crippen molar-refractivity contribution in [3.8, 4) is 0 Å². The molecule has 46 heavy (non-hydrogen) atoms. The number of aliphatic hydroxyl groups is 1. The Morgan fingerprint density at radius 1 is 1.04 bits per heavy atom. The van der Waals surface area contributed by atoms with Gasteiger partial charge in [-0.25, -0.2) is 0 Å². The van der Waals surface area contributed by atoms with E-state index < -0.39 is 47.7 Å². The summed E-state index contributed by atoms with van der Waals surface area (Å²) in [5, 5.41) is 12.8. The van der Waals surface area contributed by atoms with Crippen LogP contribution >= 0.6 is 0 Å². The summed E-state index contributed by atoms with van der Waals surface area (Å²) in [6, 6.07) is 21.0. The lowest BCUT2D eigenvalue weighted by Gasteiger charge is -2.39. The maximum Gasteiger partial charge on any atom is 0.312 e. The highest BCUT2D eigenvalue weighted by Gasteiger charge is 2.79. The Bertz CT molecular complexity index is 1640. The molecule has 3 heterocycles. The molecular weight excluding hydrogens is 580 g/mol. The Morgan fingerprint density at radius 2 is 1.78 bits per heavy atom. The predicted octanol–water partition coefficient (Wildman–Crippen LogP) is 5.76. The number of fused-ring (bicyclic) bond motifs is 2. The number of nitrogens with zero attached hydrogens (tertiary/aromatic N) is 2. The first-order valence-electron chi connectivity index (χ1n) is 16.2. The van der Waals surface area contributed by atoms with Crippen molar-refractivity contribution >= 4 is 34.2 Å². The summed E-state index contributed by atoms with van der Waals surface area (Å²) >= 11 is 0. The lowest BCUT2D eigenvalue weighted by Crippen LogP contribution is -2.57. The van der Waals surface area contributed by atoms with Crippen molar-refractivity contribution < 1.29 is 29.0 Å². The monoisotopic (exact) mass is 622 g/mol. The van der Waals surface area contributed by atoms with Gasteiger partial charge in [-0.2, -0.15) is 0 Å². The molecule has 8 heteroatoms. The third kappa shape index (κ3) is 5.23. The summed E-state index contributed by atoms with van der Waals surface area (Å²) in [4.78, 5) is 46.7. The van der Waals surface area contributed by atoms with Gasteiger partial charge in [0.15, 0.2) is 0 Å². The van der Waals surface area contributed by atoms with Gasteiger partial charge in [0.2, 0.25) is 5.91 Å². The van der Waals surface area contributed by atoms with Gasteiger partial charge < -0.3 is 24.4 Å². The zero-order valence-corrected chi connectivity index (χ0v) is 26.3. The number of carbonyl (C=O) groups is 3. The smallest absolute Gasteiger partial charge is 0.312 e. The molecule has 240 valence electrons. The fourth-order valence-electron chi connectivity index (χ4n) is 7.96. The number of esters is 1. The number of unbranched alkanes of at least 4 members (excludes halogenated alkanes) is 2. The Balaban J connectivity index is 1.43. The molecule has 2 amide bonds. The van der Waals surface area contributed by atoms with Crippen molar-refractivity contribution in [3.63, 3.8) is 0 Å². The fourth-order valence-corrected chi connectivity index (χ4v) is 7.96. The van der Waals surface area contributed by atoms with Crippen LogP contribution in [0.25, 0.3) is 10.8 Å². The van der Waals surface area contributed by atoms with Crippen LogP contribution in [0.4, 0.5) is 5.69 Å². The molecule has 0 saturated carbocycles. The Hall–Kier alpha value is -4.27. The van der Waals surface area contributed by atoms with Crippen LogP contribution in [0.2, 0.25) is 0 Å². The molecule has 0 radical (unpaired) electrons. The lowest BCUT2D eigenvalue weighted by atomic mass is 9.66. The van der Waals surface area contributed by atoms with E-state index in [2.05, 4.69) is 13.2 Å². The van der Waals surface area contributed by atoms with Crippen molar-refractivity contribution in [2.75, 3.05) is 24.7 Å². The van der Waals surface area contributed by atoms with E-state index in [4.69, 9.17) is 9.47 Å². The number of rotatable bonds is 13. The van der Waals surface area contributed by atoms with Crippen LogP contribution in [0.15, 0.2) is 98.1 Å². The standard InChI is InChI=1S/C38H42N2O6/c1-4-6-7-13-23-45-36(44)32-31-34(42)40(30(25-41)27-15-9-8-10-16-27)33(38(31)21-20-37(32,3)46-38)35(43)39(22-5-2)29-19-18-26-14-11-12-17-28(26)24-29/h4-5,8-12,14-19,24,30-33,41H,1-2,6-7,13,20-23,25H2,3H3/t30-,31+,32-,33?,37+,38?/m1/s1. The largest absolute Gasteiger partial charge is 0.465 e. The first-order valence-corrected chi connectivity index (χ1v) is 16.2. The van der Waals surface area contributed by atoms with Crippen molar-refractivity contribution in [2.45, 2.75) is 62.3 Å². The summed E-state index contributed by atoms with van der Waals surface area (Å²) in [6.45, 7) is 9.54. The highest BCUT2D eigenvalue weighted by Crippen LogP contribution is 2.64. The number of allylic oxidation sites excluding steroid dienone is 1. The number of likely N-dealkylation sites (tertiary alicyclic amines) is 1. The third-order valence-electron chi connectivity index (χ3n) is 10.1. The molecule has 1 spiro atoms. The van der Waals surface area contributed by atoms with Crippen molar-refractivity contribution in [3.05, 3.63) is 104 Å². The molecule has 3 aliphatic heterocycles. The molecule has 3 aromatic rings. The van der Waals surface area contributed by atoms with Gasteiger partial charge in [0.25, 0.3) is 5.91 Å². The summed E-state index contributed by atoms with van der Waals surface area (Å²) in [5.74, 6) is -3.01. The minimum absolute atomic E-state index is 0.193. The van der Waals surface area contributed by atoms with Crippen molar-refractivity contribution in [2.24, 2.45) is 11.8 Å². The highest BCUT2D eigenvalue weighted by molar-refractivity contribution is 6.06. The van der Waals surface area contributed by atoms with Gasteiger partial charge in [-0.15, -0.1) is 13.2 Å². The second-order valence-electron chi connectivity index (χ2n) is 12.8. The minimum Gasteiger partial charge on any atom is -0.465 e. The molecule has 3 aromatic carbocycles. The molecule has 1 N–H and O–H groups in total. The summed E-state index contributed by atoms with van der Waals surface area (Å²) in [6.07, 6.45) is 6.75. The molecule has 2 bridgehead atoms.